The van der Waals surface area contributed by atoms with E-state index in [9.17, 15) is 0 Å². The van der Waals surface area contributed by atoms with Gasteiger partial charge in [0.15, 0.2) is 0 Å². The lowest BCUT2D eigenvalue weighted by atomic mass is 10.2. The Labute approximate surface area is 133 Å². The number of hydrogen-bond acceptors (Lipinski definition) is 6. The summed E-state index contributed by atoms with van der Waals surface area (Å²) in [6.07, 6.45) is 1.55. The molecule has 0 aliphatic heterocycles. The van der Waals surface area contributed by atoms with Gasteiger partial charge in [-0.3, -0.25) is 0 Å². The zero-order valence-electron chi connectivity index (χ0n) is 10.4. The van der Waals surface area contributed by atoms with Crippen molar-refractivity contribution in [1.29, 1.82) is 0 Å². The summed E-state index contributed by atoms with van der Waals surface area (Å²) in [4.78, 5) is 12.8. The molecule has 2 aromatic heterocycles. The minimum Gasteiger partial charge on any atom is -0.390 e. The highest BCUT2D eigenvalue weighted by molar-refractivity contribution is 14.1. The van der Waals surface area contributed by atoms with Crippen LogP contribution in [0.2, 0.25) is 0 Å². The van der Waals surface area contributed by atoms with Crippen LogP contribution in [-0.2, 0) is 13.2 Å². The number of benzene rings is 1. The number of aliphatic hydroxyl groups excluding tert-OH is 1. The molecule has 0 radical (unpaired) electrons. The first-order valence-electron chi connectivity index (χ1n) is 5.94. The van der Waals surface area contributed by atoms with Crippen molar-refractivity contribution in [3.05, 3.63) is 44.2 Å². The maximum absolute atomic E-state index is 9.01. The average molecular weight is 398 g/mol. The molecule has 0 saturated carbocycles. The molecule has 20 heavy (non-hydrogen) atoms. The second-order valence-corrected chi connectivity index (χ2v) is 6.32. The highest BCUT2D eigenvalue weighted by Gasteiger charge is 2.06. The zero-order valence-corrected chi connectivity index (χ0v) is 13.4. The number of nitrogens with one attached hydrogen (secondary N) is 1. The van der Waals surface area contributed by atoms with Crippen molar-refractivity contribution in [2.24, 2.45) is 0 Å². The van der Waals surface area contributed by atoms with Gasteiger partial charge >= 0.3 is 0 Å². The summed E-state index contributed by atoms with van der Waals surface area (Å²) in [6.45, 7) is 0.563. The van der Waals surface area contributed by atoms with Crippen LogP contribution >= 0.6 is 33.9 Å². The molecule has 3 aromatic rings. The first-order valence-corrected chi connectivity index (χ1v) is 7.90. The molecule has 0 amide bonds. The average Bonchev–Trinajstić information content (AvgIpc) is 2.93. The predicted octanol–water partition coefficient (Wildman–Crippen LogP) is 2.80. The minimum atomic E-state index is -0.0227. The predicted molar refractivity (Wildman–Crippen MR) is 87.6 cm³/mol. The maximum Gasteiger partial charge on any atom is 0.137 e. The highest BCUT2D eigenvalue weighted by atomic mass is 127. The number of fused-ring (bicyclic) bond motifs is 1. The van der Waals surface area contributed by atoms with Gasteiger partial charge in [0.25, 0.3) is 0 Å². The first-order chi connectivity index (χ1) is 9.76. The fourth-order valence-electron chi connectivity index (χ4n) is 1.83. The summed E-state index contributed by atoms with van der Waals surface area (Å²) in [5, 5.41) is 16.1. The summed E-state index contributed by atoms with van der Waals surface area (Å²) in [7, 11) is 0. The summed E-state index contributed by atoms with van der Waals surface area (Å²) in [6, 6.07) is 6.06. The Morgan fingerprint density at radius 2 is 2.20 bits per heavy atom. The van der Waals surface area contributed by atoms with Gasteiger partial charge < -0.3 is 10.4 Å². The standard InChI is InChI=1S/C13H11IN4OS/c14-8-1-2-11-10(3-8)13(17-7-16-11)15-4-12-18-9(5-19)6-20-12/h1-3,6-7,19H,4-5H2,(H,15,16,17). The van der Waals surface area contributed by atoms with E-state index in [4.69, 9.17) is 5.11 Å². The van der Waals surface area contributed by atoms with Crippen LogP contribution in [0.15, 0.2) is 29.9 Å². The van der Waals surface area contributed by atoms with E-state index in [0.29, 0.717) is 12.2 Å². The molecule has 0 bridgehead atoms. The molecule has 0 unspecified atom stereocenters. The van der Waals surface area contributed by atoms with E-state index in [1.807, 2.05) is 17.5 Å². The molecule has 1 aromatic carbocycles. The van der Waals surface area contributed by atoms with Gasteiger partial charge in [-0.05, 0) is 40.8 Å². The molecule has 7 heteroatoms. The third kappa shape index (κ3) is 2.89. The summed E-state index contributed by atoms with van der Waals surface area (Å²) in [5.74, 6) is 0.800. The fourth-order valence-corrected chi connectivity index (χ4v) is 3.05. The van der Waals surface area contributed by atoms with E-state index < -0.39 is 0 Å². The summed E-state index contributed by atoms with van der Waals surface area (Å²) in [5.41, 5.74) is 1.62. The van der Waals surface area contributed by atoms with Gasteiger partial charge in [-0.1, -0.05) is 0 Å². The number of aromatic nitrogens is 3. The first kappa shape index (κ1) is 13.7. The number of aliphatic hydroxyl groups is 1. The number of nitrogens with zero attached hydrogens (tertiary/aromatic N) is 3. The lowest BCUT2D eigenvalue weighted by Crippen LogP contribution is -2.02. The Morgan fingerprint density at radius 1 is 1.30 bits per heavy atom. The van der Waals surface area contributed by atoms with Gasteiger partial charge in [-0.25, -0.2) is 15.0 Å². The Morgan fingerprint density at radius 3 is 3.00 bits per heavy atom. The minimum absolute atomic E-state index is 0.0227. The summed E-state index contributed by atoms with van der Waals surface area (Å²) < 4.78 is 1.14. The van der Waals surface area contributed by atoms with Crippen LogP contribution in [0.5, 0.6) is 0 Å². The fraction of sp³-hybridized carbons (Fsp3) is 0.154. The van der Waals surface area contributed by atoms with Crippen LogP contribution in [0.1, 0.15) is 10.7 Å². The van der Waals surface area contributed by atoms with Gasteiger partial charge in [-0.15, -0.1) is 11.3 Å². The molecule has 102 valence electrons. The highest BCUT2D eigenvalue weighted by Crippen LogP contribution is 2.22. The normalized spacial score (nSPS) is 10.9. The topological polar surface area (TPSA) is 70.9 Å². The SMILES string of the molecule is OCc1csc(CNc2ncnc3ccc(I)cc23)n1. The summed E-state index contributed by atoms with van der Waals surface area (Å²) >= 11 is 3.79. The van der Waals surface area contributed by atoms with E-state index in [-0.39, 0.29) is 6.61 Å². The molecule has 0 fully saturated rings. The van der Waals surface area contributed by atoms with Gasteiger partial charge in [0.1, 0.15) is 17.2 Å². The van der Waals surface area contributed by atoms with Crippen molar-refractivity contribution in [3.8, 4) is 0 Å². The molecule has 0 atom stereocenters. The molecule has 0 saturated heterocycles. The van der Waals surface area contributed by atoms with Crippen LogP contribution in [0.4, 0.5) is 5.82 Å². The number of halogens is 1. The molecule has 2 N–H and O–H groups in total. The molecule has 5 nitrogen and oxygen atoms in total. The molecular formula is C13H11IN4OS. The van der Waals surface area contributed by atoms with Crippen LogP contribution in [0, 0.1) is 3.57 Å². The van der Waals surface area contributed by atoms with Crippen molar-refractivity contribution in [2.75, 3.05) is 5.32 Å². The van der Waals surface area contributed by atoms with Crippen LogP contribution in [0.25, 0.3) is 10.9 Å². The van der Waals surface area contributed by atoms with Crippen LogP contribution in [0.3, 0.4) is 0 Å². The number of rotatable bonds is 4. The maximum atomic E-state index is 9.01. The monoisotopic (exact) mass is 398 g/mol. The molecule has 0 spiro atoms. The molecular weight excluding hydrogens is 387 g/mol. The van der Waals surface area contributed by atoms with Crippen LogP contribution < -0.4 is 5.32 Å². The number of anilines is 1. The van der Waals surface area contributed by atoms with Crippen LogP contribution in [-0.4, -0.2) is 20.1 Å². The van der Waals surface area contributed by atoms with E-state index in [0.717, 1.165) is 25.3 Å². The Balaban J connectivity index is 1.85. The number of hydrogen-bond donors (Lipinski definition) is 2. The van der Waals surface area contributed by atoms with Gasteiger partial charge in [-0.2, -0.15) is 0 Å². The second kappa shape index (κ2) is 5.98. The lowest BCUT2D eigenvalue weighted by molar-refractivity contribution is 0.277. The quantitative estimate of drug-likeness (QED) is 0.662. The van der Waals surface area contributed by atoms with Crippen molar-refractivity contribution in [2.45, 2.75) is 13.2 Å². The second-order valence-electron chi connectivity index (χ2n) is 4.13. The molecule has 2 heterocycles. The van der Waals surface area contributed by atoms with Crippen molar-refractivity contribution in [1.82, 2.24) is 15.0 Å². The van der Waals surface area contributed by atoms with E-state index in [1.54, 1.807) is 6.33 Å². The molecule has 3 rings (SSSR count). The Bertz CT molecular complexity index is 746. The smallest absolute Gasteiger partial charge is 0.137 e. The largest absolute Gasteiger partial charge is 0.390 e. The van der Waals surface area contributed by atoms with Gasteiger partial charge in [0.2, 0.25) is 0 Å². The third-order valence-electron chi connectivity index (χ3n) is 2.77. The lowest BCUT2D eigenvalue weighted by Gasteiger charge is -2.07. The van der Waals surface area contributed by atoms with Crippen molar-refractivity contribution in [3.63, 3.8) is 0 Å². The Hall–Kier alpha value is -1.32. The van der Waals surface area contributed by atoms with E-state index in [1.165, 1.54) is 11.3 Å². The molecule has 0 aliphatic carbocycles. The van der Waals surface area contributed by atoms with Crippen molar-refractivity contribution >= 4 is 50.6 Å². The molecule has 0 aliphatic rings. The number of thiazole rings is 1. The Kier molecular flexibility index (Phi) is 4.08. The third-order valence-corrected chi connectivity index (χ3v) is 4.33. The van der Waals surface area contributed by atoms with Crippen molar-refractivity contribution < 1.29 is 5.11 Å². The van der Waals surface area contributed by atoms with E-state index >= 15 is 0 Å². The van der Waals surface area contributed by atoms with E-state index in [2.05, 4.69) is 48.9 Å². The van der Waals surface area contributed by atoms with Gasteiger partial charge in [0, 0.05) is 14.3 Å². The zero-order chi connectivity index (χ0) is 13.9. The van der Waals surface area contributed by atoms with Gasteiger partial charge in [0.05, 0.1) is 24.4 Å².